The van der Waals surface area contributed by atoms with E-state index in [1.807, 2.05) is 11.3 Å². The van der Waals surface area contributed by atoms with Gasteiger partial charge in [0.1, 0.15) is 0 Å². The van der Waals surface area contributed by atoms with Gasteiger partial charge in [0.2, 0.25) is 0 Å². The molecule has 0 saturated carbocycles. The molecule has 0 radical (unpaired) electrons. The van der Waals surface area contributed by atoms with Crippen molar-refractivity contribution in [1.29, 1.82) is 0 Å². The lowest BCUT2D eigenvalue weighted by Crippen LogP contribution is -2.34. The van der Waals surface area contributed by atoms with Gasteiger partial charge in [-0.15, -0.1) is 11.3 Å². The van der Waals surface area contributed by atoms with E-state index in [9.17, 15) is 0 Å². The Morgan fingerprint density at radius 3 is 3.08 bits per heavy atom. The van der Waals surface area contributed by atoms with Crippen molar-refractivity contribution in [3.63, 3.8) is 0 Å². The van der Waals surface area contributed by atoms with Crippen molar-refractivity contribution in [2.45, 2.75) is 32.7 Å². The number of nitrogens with zero attached hydrogens (tertiary/aromatic N) is 1. The van der Waals surface area contributed by atoms with Crippen LogP contribution in [-0.2, 0) is 6.42 Å². The standard InChI is InChI=1S/C10H15NS/c1-8(2)11-6-3-4-10-9(11)5-7-12-10/h5,7-8H,3-4,6H2,1-2H3. The van der Waals surface area contributed by atoms with Gasteiger partial charge in [0.05, 0.1) is 5.69 Å². The van der Waals surface area contributed by atoms with Gasteiger partial charge in [-0.25, -0.2) is 0 Å². The average Bonchev–Trinajstić information content (AvgIpc) is 2.49. The lowest BCUT2D eigenvalue weighted by atomic mass is 10.1. The summed E-state index contributed by atoms with van der Waals surface area (Å²) in [6, 6.07) is 2.91. The van der Waals surface area contributed by atoms with Crippen LogP contribution in [0.25, 0.3) is 0 Å². The molecule has 0 aromatic carbocycles. The van der Waals surface area contributed by atoms with Crippen LogP contribution in [0.4, 0.5) is 5.69 Å². The van der Waals surface area contributed by atoms with Crippen molar-refractivity contribution in [3.8, 4) is 0 Å². The molecular formula is C10H15NS. The second-order valence-electron chi connectivity index (χ2n) is 3.62. The number of aryl methyl sites for hydroxylation is 1. The highest BCUT2D eigenvalue weighted by atomic mass is 32.1. The highest BCUT2D eigenvalue weighted by molar-refractivity contribution is 7.10. The minimum atomic E-state index is 0.652. The summed E-state index contributed by atoms with van der Waals surface area (Å²) in [6.07, 6.45) is 2.61. The molecule has 1 nitrogen and oxygen atoms in total. The zero-order valence-electron chi connectivity index (χ0n) is 7.71. The fourth-order valence-corrected chi connectivity index (χ4v) is 2.77. The number of thiophene rings is 1. The highest BCUT2D eigenvalue weighted by Crippen LogP contribution is 2.32. The van der Waals surface area contributed by atoms with Crippen LogP contribution < -0.4 is 4.90 Å². The molecule has 0 bridgehead atoms. The molecule has 1 aliphatic rings. The Balaban J connectivity index is 2.31. The van der Waals surface area contributed by atoms with Gasteiger partial charge in [-0.2, -0.15) is 0 Å². The first-order valence-corrected chi connectivity index (χ1v) is 5.50. The molecule has 0 fully saturated rings. The van der Waals surface area contributed by atoms with E-state index in [0.29, 0.717) is 6.04 Å². The summed E-state index contributed by atoms with van der Waals surface area (Å²) in [5, 5.41) is 2.21. The molecule has 66 valence electrons. The normalized spacial score (nSPS) is 16.8. The topological polar surface area (TPSA) is 3.24 Å². The maximum absolute atomic E-state index is 2.51. The molecule has 1 aromatic heterocycles. The predicted octanol–water partition coefficient (Wildman–Crippen LogP) is 2.91. The fourth-order valence-electron chi connectivity index (χ4n) is 1.84. The minimum absolute atomic E-state index is 0.652. The van der Waals surface area contributed by atoms with E-state index in [4.69, 9.17) is 0 Å². The first-order valence-electron chi connectivity index (χ1n) is 4.62. The molecule has 12 heavy (non-hydrogen) atoms. The van der Waals surface area contributed by atoms with Gasteiger partial charge in [-0.3, -0.25) is 0 Å². The van der Waals surface area contributed by atoms with Crippen LogP contribution in [0.3, 0.4) is 0 Å². The molecule has 2 heterocycles. The van der Waals surface area contributed by atoms with Gasteiger partial charge in [-0.1, -0.05) is 0 Å². The third kappa shape index (κ3) is 1.24. The van der Waals surface area contributed by atoms with Crippen LogP contribution >= 0.6 is 11.3 Å². The van der Waals surface area contributed by atoms with Crippen molar-refractivity contribution < 1.29 is 0 Å². The number of fused-ring (bicyclic) bond motifs is 1. The Bertz CT molecular complexity index is 265. The maximum atomic E-state index is 2.51. The van der Waals surface area contributed by atoms with Crippen molar-refractivity contribution in [2.75, 3.05) is 11.4 Å². The summed E-state index contributed by atoms with van der Waals surface area (Å²) in [5.41, 5.74) is 1.49. The van der Waals surface area contributed by atoms with Crippen LogP contribution in [-0.4, -0.2) is 12.6 Å². The van der Waals surface area contributed by atoms with E-state index in [0.717, 1.165) is 0 Å². The molecular weight excluding hydrogens is 166 g/mol. The molecule has 2 heteroatoms. The van der Waals surface area contributed by atoms with E-state index in [1.54, 1.807) is 4.88 Å². The molecule has 1 aliphatic heterocycles. The number of anilines is 1. The molecule has 0 atom stereocenters. The average molecular weight is 181 g/mol. The monoisotopic (exact) mass is 181 g/mol. The molecule has 2 rings (SSSR count). The summed E-state index contributed by atoms with van der Waals surface area (Å²) in [6.45, 7) is 5.78. The van der Waals surface area contributed by atoms with Crippen LogP contribution in [0.15, 0.2) is 11.4 Å². The maximum Gasteiger partial charge on any atom is 0.0509 e. The zero-order chi connectivity index (χ0) is 8.55. The van der Waals surface area contributed by atoms with Gasteiger partial charge in [-0.05, 0) is 38.1 Å². The molecule has 0 aliphatic carbocycles. The Labute approximate surface area is 78.0 Å². The Morgan fingerprint density at radius 2 is 2.33 bits per heavy atom. The molecule has 0 amide bonds. The SMILES string of the molecule is CC(C)N1CCCc2sccc21. The quantitative estimate of drug-likeness (QED) is 0.644. The molecule has 0 spiro atoms. The van der Waals surface area contributed by atoms with Gasteiger partial charge >= 0.3 is 0 Å². The summed E-state index contributed by atoms with van der Waals surface area (Å²) in [4.78, 5) is 4.09. The van der Waals surface area contributed by atoms with E-state index in [-0.39, 0.29) is 0 Å². The highest BCUT2D eigenvalue weighted by Gasteiger charge is 2.19. The van der Waals surface area contributed by atoms with E-state index < -0.39 is 0 Å². The van der Waals surface area contributed by atoms with Crippen molar-refractivity contribution >= 4 is 17.0 Å². The van der Waals surface area contributed by atoms with Crippen LogP contribution in [0, 0.1) is 0 Å². The summed E-state index contributed by atoms with van der Waals surface area (Å²) in [5.74, 6) is 0. The van der Waals surface area contributed by atoms with Crippen LogP contribution in [0.5, 0.6) is 0 Å². The third-order valence-electron chi connectivity index (χ3n) is 2.46. The molecule has 0 saturated heterocycles. The van der Waals surface area contributed by atoms with Crippen LogP contribution in [0.2, 0.25) is 0 Å². The first kappa shape index (κ1) is 8.11. The van der Waals surface area contributed by atoms with Crippen LogP contribution in [0.1, 0.15) is 25.1 Å². The number of rotatable bonds is 1. The number of hydrogen-bond donors (Lipinski definition) is 0. The van der Waals surface area contributed by atoms with Crippen molar-refractivity contribution in [2.24, 2.45) is 0 Å². The summed E-state index contributed by atoms with van der Waals surface area (Å²) in [7, 11) is 0. The van der Waals surface area contributed by atoms with Gasteiger partial charge in [0.25, 0.3) is 0 Å². The Kier molecular flexibility index (Phi) is 2.09. The molecule has 0 N–H and O–H groups in total. The lowest BCUT2D eigenvalue weighted by Gasteiger charge is -2.32. The van der Waals surface area contributed by atoms with E-state index in [1.165, 1.54) is 25.1 Å². The zero-order valence-corrected chi connectivity index (χ0v) is 8.53. The minimum Gasteiger partial charge on any atom is -0.368 e. The van der Waals surface area contributed by atoms with Crippen molar-refractivity contribution in [3.05, 3.63) is 16.3 Å². The predicted molar refractivity (Wildman–Crippen MR) is 55.1 cm³/mol. The molecule has 1 aromatic rings. The van der Waals surface area contributed by atoms with E-state index >= 15 is 0 Å². The summed E-state index contributed by atoms with van der Waals surface area (Å²) >= 11 is 1.90. The second-order valence-corrected chi connectivity index (χ2v) is 4.62. The van der Waals surface area contributed by atoms with Gasteiger partial charge in [0.15, 0.2) is 0 Å². The largest absolute Gasteiger partial charge is 0.368 e. The fraction of sp³-hybridized carbons (Fsp3) is 0.600. The third-order valence-corrected chi connectivity index (χ3v) is 3.43. The first-order chi connectivity index (χ1) is 5.79. The lowest BCUT2D eigenvalue weighted by molar-refractivity contribution is 0.631. The Morgan fingerprint density at radius 1 is 1.50 bits per heavy atom. The van der Waals surface area contributed by atoms with Gasteiger partial charge in [0, 0.05) is 17.5 Å². The van der Waals surface area contributed by atoms with E-state index in [2.05, 4.69) is 30.2 Å². The van der Waals surface area contributed by atoms with Gasteiger partial charge < -0.3 is 4.90 Å². The Hall–Kier alpha value is -0.500. The van der Waals surface area contributed by atoms with Crippen molar-refractivity contribution in [1.82, 2.24) is 0 Å². The smallest absolute Gasteiger partial charge is 0.0509 e. The second kappa shape index (κ2) is 3.09. The number of hydrogen-bond acceptors (Lipinski definition) is 2. The summed E-state index contributed by atoms with van der Waals surface area (Å²) < 4.78 is 0. The molecule has 0 unspecified atom stereocenters.